The molecule has 1 aliphatic rings. The molecule has 0 radical (unpaired) electrons. The highest BCUT2D eigenvalue weighted by Crippen LogP contribution is 2.29. The van der Waals surface area contributed by atoms with Gasteiger partial charge < -0.3 is 15.6 Å². The molecule has 4 heteroatoms. The van der Waals surface area contributed by atoms with E-state index in [4.69, 9.17) is 22.1 Å². The summed E-state index contributed by atoms with van der Waals surface area (Å²) in [5, 5.41) is 11.2. The average molecular weight is 270 g/mol. The highest BCUT2D eigenvalue weighted by atomic mass is 35.5. The smallest absolute Gasteiger partial charge is 0.0670 e. The molecule has 2 rings (SSSR count). The van der Waals surface area contributed by atoms with Gasteiger partial charge in [-0.2, -0.15) is 0 Å². The Kier molecular flexibility index (Phi) is 5.01. The molecule has 100 valence electrons. The second kappa shape index (κ2) is 6.53. The first kappa shape index (κ1) is 13.8. The summed E-state index contributed by atoms with van der Waals surface area (Å²) in [5.74, 6) is 0.0988. The van der Waals surface area contributed by atoms with Crippen LogP contribution in [0.25, 0.3) is 0 Å². The van der Waals surface area contributed by atoms with Gasteiger partial charge in [0, 0.05) is 30.0 Å². The molecule has 1 aliphatic heterocycles. The van der Waals surface area contributed by atoms with Crippen LogP contribution in [0.3, 0.4) is 0 Å². The number of nitrogens with two attached hydrogens (primary N) is 1. The summed E-state index contributed by atoms with van der Waals surface area (Å²) in [6.07, 6.45) is 1.54. The van der Waals surface area contributed by atoms with E-state index in [0.717, 1.165) is 25.0 Å². The topological polar surface area (TPSA) is 55.5 Å². The van der Waals surface area contributed by atoms with E-state index in [1.807, 2.05) is 24.3 Å². The van der Waals surface area contributed by atoms with Crippen LogP contribution in [0, 0.1) is 5.92 Å². The molecule has 0 saturated carbocycles. The maximum absolute atomic E-state index is 10.5. The van der Waals surface area contributed by atoms with E-state index in [1.165, 1.54) is 0 Å². The number of hydrogen-bond acceptors (Lipinski definition) is 3. The fourth-order valence-electron chi connectivity index (χ4n) is 2.57. The monoisotopic (exact) mass is 269 g/mol. The second-order valence-corrected chi connectivity index (χ2v) is 5.30. The van der Waals surface area contributed by atoms with Gasteiger partial charge in [0.05, 0.1) is 12.7 Å². The van der Waals surface area contributed by atoms with Crippen LogP contribution in [0.4, 0.5) is 0 Å². The molecule has 0 aliphatic carbocycles. The van der Waals surface area contributed by atoms with Gasteiger partial charge in [-0.25, -0.2) is 0 Å². The van der Waals surface area contributed by atoms with Crippen LogP contribution in [-0.4, -0.2) is 31.0 Å². The molecule has 1 saturated heterocycles. The second-order valence-electron chi connectivity index (χ2n) is 4.87. The van der Waals surface area contributed by atoms with Gasteiger partial charge in [-0.3, -0.25) is 0 Å². The van der Waals surface area contributed by atoms with Gasteiger partial charge in [-0.05, 0) is 30.5 Å². The van der Waals surface area contributed by atoms with Crippen LogP contribution < -0.4 is 5.73 Å². The number of benzene rings is 1. The Balaban J connectivity index is 2.11. The molecular weight excluding hydrogens is 250 g/mol. The van der Waals surface area contributed by atoms with Crippen molar-refractivity contribution in [2.75, 3.05) is 19.8 Å². The molecule has 1 heterocycles. The summed E-state index contributed by atoms with van der Waals surface area (Å²) < 4.78 is 5.43. The van der Waals surface area contributed by atoms with Crippen molar-refractivity contribution in [2.45, 2.75) is 24.9 Å². The Morgan fingerprint density at radius 2 is 2.33 bits per heavy atom. The van der Waals surface area contributed by atoms with Crippen LogP contribution >= 0.6 is 11.6 Å². The van der Waals surface area contributed by atoms with Crippen molar-refractivity contribution < 1.29 is 9.84 Å². The van der Waals surface area contributed by atoms with E-state index in [9.17, 15) is 5.11 Å². The first-order valence-corrected chi connectivity index (χ1v) is 6.81. The minimum Gasteiger partial charge on any atom is -0.392 e. The lowest BCUT2D eigenvalue weighted by Gasteiger charge is -2.32. The summed E-state index contributed by atoms with van der Waals surface area (Å²) in [7, 11) is 0. The summed E-state index contributed by atoms with van der Waals surface area (Å²) in [6, 6.07) is 7.57. The molecule has 3 N–H and O–H groups in total. The van der Waals surface area contributed by atoms with Crippen LogP contribution in [0.15, 0.2) is 24.3 Å². The van der Waals surface area contributed by atoms with Crippen LogP contribution in [-0.2, 0) is 4.74 Å². The molecule has 0 bridgehead atoms. The number of aliphatic hydroxyl groups is 1. The van der Waals surface area contributed by atoms with E-state index in [2.05, 4.69) is 0 Å². The molecule has 3 nitrogen and oxygen atoms in total. The maximum atomic E-state index is 10.5. The normalized spacial score (nSPS) is 23.6. The van der Waals surface area contributed by atoms with Gasteiger partial charge in [-0.15, -0.1) is 0 Å². The van der Waals surface area contributed by atoms with Crippen molar-refractivity contribution in [3.8, 4) is 0 Å². The molecule has 0 spiro atoms. The Bertz CT molecular complexity index is 380. The minimum atomic E-state index is -0.464. The highest BCUT2D eigenvalue weighted by Gasteiger charge is 2.29. The summed E-state index contributed by atoms with van der Waals surface area (Å²) in [4.78, 5) is 0. The predicted molar refractivity (Wildman–Crippen MR) is 72.8 cm³/mol. The third-order valence-electron chi connectivity index (χ3n) is 3.62. The molecule has 1 aromatic rings. The Labute approximate surface area is 113 Å². The number of hydrogen-bond donors (Lipinski definition) is 2. The van der Waals surface area contributed by atoms with Crippen molar-refractivity contribution >= 4 is 11.6 Å². The first-order valence-electron chi connectivity index (χ1n) is 6.43. The average Bonchev–Trinajstić information content (AvgIpc) is 2.40. The molecule has 1 fully saturated rings. The number of rotatable bonds is 4. The Hall–Kier alpha value is -0.610. The number of aliphatic hydroxyl groups excluding tert-OH is 1. The summed E-state index contributed by atoms with van der Waals surface area (Å²) in [5.41, 5.74) is 6.82. The molecule has 3 atom stereocenters. The predicted octanol–water partition coefficient (Wildman–Crippen LogP) is 2.17. The first-order chi connectivity index (χ1) is 8.72. The van der Waals surface area contributed by atoms with E-state index >= 15 is 0 Å². The largest absolute Gasteiger partial charge is 0.392 e. The van der Waals surface area contributed by atoms with Gasteiger partial charge in [0.1, 0.15) is 0 Å². The third kappa shape index (κ3) is 3.23. The van der Waals surface area contributed by atoms with Gasteiger partial charge in [0.2, 0.25) is 0 Å². The zero-order chi connectivity index (χ0) is 13.0. The van der Waals surface area contributed by atoms with Crippen LogP contribution in [0.2, 0.25) is 5.02 Å². The molecule has 1 aromatic carbocycles. The summed E-state index contributed by atoms with van der Waals surface area (Å²) in [6.45, 7) is 1.84. The van der Waals surface area contributed by atoms with Crippen molar-refractivity contribution in [1.82, 2.24) is 0 Å². The number of ether oxygens (including phenoxy) is 1. The number of halogens is 1. The van der Waals surface area contributed by atoms with Crippen LogP contribution in [0.1, 0.15) is 24.3 Å². The third-order valence-corrected chi connectivity index (χ3v) is 3.86. The van der Waals surface area contributed by atoms with Crippen molar-refractivity contribution in [3.63, 3.8) is 0 Å². The van der Waals surface area contributed by atoms with Crippen molar-refractivity contribution in [3.05, 3.63) is 34.9 Å². The van der Waals surface area contributed by atoms with Gasteiger partial charge in [0.15, 0.2) is 0 Å². The maximum Gasteiger partial charge on any atom is 0.0670 e. The Morgan fingerprint density at radius 1 is 1.50 bits per heavy atom. The zero-order valence-electron chi connectivity index (χ0n) is 10.4. The fraction of sp³-hybridized carbons (Fsp3) is 0.571. The minimum absolute atomic E-state index is 0.0737. The van der Waals surface area contributed by atoms with E-state index in [-0.39, 0.29) is 11.8 Å². The molecule has 3 unspecified atom stereocenters. The van der Waals surface area contributed by atoms with Crippen LogP contribution in [0.5, 0.6) is 0 Å². The highest BCUT2D eigenvalue weighted by molar-refractivity contribution is 6.30. The standard InChI is InChI=1S/C14H20ClNO2/c15-12-5-1-3-10(7-12)13(8-16)14(17)11-4-2-6-18-9-11/h1,3,5,7,11,13-14,17H,2,4,6,8-9,16H2. The lowest BCUT2D eigenvalue weighted by atomic mass is 9.83. The van der Waals surface area contributed by atoms with Gasteiger partial charge >= 0.3 is 0 Å². The molecule has 0 aromatic heterocycles. The van der Waals surface area contributed by atoms with E-state index < -0.39 is 6.10 Å². The SMILES string of the molecule is NCC(c1cccc(Cl)c1)C(O)C1CCCOC1. The van der Waals surface area contributed by atoms with Crippen molar-refractivity contribution in [2.24, 2.45) is 11.7 Å². The Morgan fingerprint density at radius 3 is 2.94 bits per heavy atom. The lowest BCUT2D eigenvalue weighted by molar-refractivity contribution is -0.0184. The fourth-order valence-corrected chi connectivity index (χ4v) is 2.77. The molecule has 18 heavy (non-hydrogen) atoms. The van der Waals surface area contributed by atoms with Gasteiger partial charge in [-0.1, -0.05) is 23.7 Å². The zero-order valence-corrected chi connectivity index (χ0v) is 11.1. The van der Waals surface area contributed by atoms with E-state index in [1.54, 1.807) is 0 Å². The molecular formula is C14H20ClNO2. The van der Waals surface area contributed by atoms with E-state index in [0.29, 0.717) is 18.2 Å². The van der Waals surface area contributed by atoms with Gasteiger partial charge in [0.25, 0.3) is 0 Å². The summed E-state index contributed by atoms with van der Waals surface area (Å²) >= 11 is 5.99. The quantitative estimate of drug-likeness (QED) is 0.881. The molecule has 0 amide bonds. The van der Waals surface area contributed by atoms with Crippen molar-refractivity contribution in [1.29, 1.82) is 0 Å². The lowest BCUT2D eigenvalue weighted by Crippen LogP contribution is -2.36.